The van der Waals surface area contributed by atoms with Crippen molar-refractivity contribution in [3.05, 3.63) is 23.8 Å². The third-order valence-electron chi connectivity index (χ3n) is 4.80. The van der Waals surface area contributed by atoms with Crippen LogP contribution >= 0.6 is 0 Å². The van der Waals surface area contributed by atoms with Crippen LogP contribution in [0.4, 0.5) is 0 Å². The van der Waals surface area contributed by atoms with Gasteiger partial charge in [-0.3, -0.25) is 4.79 Å². The first-order valence-corrected chi connectivity index (χ1v) is 7.92. The lowest BCUT2D eigenvalue weighted by Crippen LogP contribution is -2.42. The van der Waals surface area contributed by atoms with E-state index in [1.165, 1.54) is 0 Å². The normalized spacial score (nSPS) is 27.2. The summed E-state index contributed by atoms with van der Waals surface area (Å²) in [5.41, 5.74) is 6.80. The summed E-state index contributed by atoms with van der Waals surface area (Å²) in [6.45, 7) is 3.98. The maximum absolute atomic E-state index is 12.8. The summed E-state index contributed by atoms with van der Waals surface area (Å²) < 4.78 is 11.0. The largest absolute Gasteiger partial charge is 0.497 e. The molecule has 0 saturated carbocycles. The van der Waals surface area contributed by atoms with Gasteiger partial charge >= 0.3 is 0 Å². The highest BCUT2D eigenvalue weighted by molar-refractivity contribution is 5.80. The molecule has 0 radical (unpaired) electrons. The van der Waals surface area contributed by atoms with Crippen molar-refractivity contribution in [3.8, 4) is 11.5 Å². The summed E-state index contributed by atoms with van der Waals surface area (Å²) in [7, 11) is 1.65. The highest BCUT2D eigenvalue weighted by Crippen LogP contribution is 2.33. The van der Waals surface area contributed by atoms with Crippen LogP contribution < -0.4 is 15.2 Å². The minimum atomic E-state index is -0.112. The zero-order valence-electron chi connectivity index (χ0n) is 13.2. The lowest BCUT2D eigenvalue weighted by Gasteiger charge is -2.30. The quantitative estimate of drug-likeness (QED) is 0.918. The first-order valence-electron chi connectivity index (χ1n) is 7.92. The second-order valence-corrected chi connectivity index (χ2v) is 6.36. The Hall–Kier alpha value is -1.75. The predicted molar refractivity (Wildman–Crippen MR) is 84.0 cm³/mol. The Bertz CT molecular complexity index is 561. The van der Waals surface area contributed by atoms with Crippen molar-refractivity contribution in [1.82, 2.24) is 4.90 Å². The van der Waals surface area contributed by atoms with Crippen molar-refractivity contribution in [2.24, 2.45) is 17.6 Å². The van der Waals surface area contributed by atoms with Crippen LogP contribution in [0.3, 0.4) is 0 Å². The van der Waals surface area contributed by atoms with E-state index in [1.807, 2.05) is 23.1 Å². The Balaban J connectivity index is 1.72. The standard InChI is InChI=1S/C17H24N2O3/c1-11-5-12(8-18)9-19(11)17(20)14-6-13-7-15(21-2)3-4-16(13)22-10-14/h3-4,7,11-12,14H,5-6,8-10,18H2,1-2H3. The number of hydrogen-bond acceptors (Lipinski definition) is 4. The van der Waals surface area contributed by atoms with E-state index in [4.69, 9.17) is 15.2 Å². The molecular weight excluding hydrogens is 280 g/mol. The fourth-order valence-corrected chi connectivity index (χ4v) is 3.51. The molecular formula is C17H24N2O3. The lowest BCUT2D eigenvalue weighted by molar-refractivity contribution is -0.137. The van der Waals surface area contributed by atoms with E-state index in [1.54, 1.807) is 7.11 Å². The summed E-state index contributed by atoms with van der Waals surface area (Å²) in [5.74, 6) is 2.17. The minimum Gasteiger partial charge on any atom is -0.497 e. The molecule has 2 N–H and O–H groups in total. The van der Waals surface area contributed by atoms with Crippen LogP contribution in [0.1, 0.15) is 18.9 Å². The van der Waals surface area contributed by atoms with Crippen LogP contribution in [0.5, 0.6) is 11.5 Å². The summed E-state index contributed by atoms with van der Waals surface area (Å²) in [4.78, 5) is 14.8. The number of benzene rings is 1. The maximum atomic E-state index is 12.8. The Morgan fingerprint density at radius 3 is 3.00 bits per heavy atom. The Morgan fingerprint density at radius 2 is 2.32 bits per heavy atom. The first kappa shape index (κ1) is 15.2. The summed E-state index contributed by atoms with van der Waals surface area (Å²) in [5, 5.41) is 0. The number of nitrogens with zero attached hydrogens (tertiary/aromatic N) is 1. The highest BCUT2D eigenvalue weighted by Gasteiger charge is 2.36. The molecule has 0 aromatic heterocycles. The van der Waals surface area contributed by atoms with Gasteiger partial charge in [-0.25, -0.2) is 0 Å². The number of ether oxygens (including phenoxy) is 2. The number of methoxy groups -OCH3 is 1. The Morgan fingerprint density at radius 1 is 1.50 bits per heavy atom. The van der Waals surface area contributed by atoms with Gasteiger partial charge < -0.3 is 20.1 Å². The van der Waals surface area contributed by atoms with Crippen LogP contribution in [0.15, 0.2) is 18.2 Å². The van der Waals surface area contributed by atoms with E-state index in [0.717, 1.165) is 30.0 Å². The first-order chi connectivity index (χ1) is 10.6. The molecule has 3 unspecified atom stereocenters. The molecule has 1 aromatic rings. The number of carbonyl (C=O) groups excluding carboxylic acids is 1. The van der Waals surface area contributed by atoms with Gasteiger partial charge in [-0.15, -0.1) is 0 Å². The summed E-state index contributed by atoms with van der Waals surface area (Å²) in [6.07, 6.45) is 1.71. The van der Waals surface area contributed by atoms with Crippen molar-refractivity contribution in [3.63, 3.8) is 0 Å². The Labute approximate surface area is 131 Å². The van der Waals surface area contributed by atoms with Crippen molar-refractivity contribution in [2.75, 3.05) is 26.8 Å². The monoisotopic (exact) mass is 304 g/mol. The third kappa shape index (κ3) is 2.77. The molecule has 5 nitrogen and oxygen atoms in total. The van der Waals surface area contributed by atoms with Gasteiger partial charge in [0.2, 0.25) is 5.91 Å². The third-order valence-corrected chi connectivity index (χ3v) is 4.80. The van der Waals surface area contributed by atoms with E-state index in [9.17, 15) is 4.79 Å². The van der Waals surface area contributed by atoms with Gasteiger partial charge in [-0.05, 0) is 56.0 Å². The molecule has 1 saturated heterocycles. The smallest absolute Gasteiger partial charge is 0.229 e. The van der Waals surface area contributed by atoms with Gasteiger partial charge in [0, 0.05) is 12.6 Å². The molecule has 22 heavy (non-hydrogen) atoms. The van der Waals surface area contributed by atoms with Gasteiger partial charge in [0.1, 0.15) is 18.1 Å². The number of rotatable bonds is 3. The zero-order chi connectivity index (χ0) is 15.7. The van der Waals surface area contributed by atoms with E-state index in [2.05, 4.69) is 6.92 Å². The van der Waals surface area contributed by atoms with E-state index < -0.39 is 0 Å². The number of hydrogen-bond donors (Lipinski definition) is 1. The van der Waals surface area contributed by atoms with Crippen LogP contribution in [0.2, 0.25) is 0 Å². The molecule has 0 bridgehead atoms. The van der Waals surface area contributed by atoms with Gasteiger partial charge in [-0.2, -0.15) is 0 Å². The predicted octanol–water partition coefficient (Wildman–Crippen LogP) is 1.44. The van der Waals surface area contributed by atoms with Crippen molar-refractivity contribution >= 4 is 5.91 Å². The molecule has 0 spiro atoms. The van der Waals surface area contributed by atoms with Crippen molar-refractivity contribution < 1.29 is 14.3 Å². The van der Waals surface area contributed by atoms with Crippen LogP contribution in [-0.4, -0.2) is 43.7 Å². The number of nitrogens with two attached hydrogens (primary N) is 1. The molecule has 120 valence electrons. The molecule has 2 aliphatic rings. The molecule has 5 heteroatoms. The molecule has 1 aromatic carbocycles. The van der Waals surface area contributed by atoms with E-state index >= 15 is 0 Å². The van der Waals surface area contributed by atoms with Crippen LogP contribution in [-0.2, 0) is 11.2 Å². The Kier molecular flexibility index (Phi) is 4.25. The van der Waals surface area contributed by atoms with E-state index in [-0.39, 0.29) is 17.9 Å². The minimum absolute atomic E-state index is 0.112. The number of fused-ring (bicyclic) bond motifs is 1. The molecule has 2 heterocycles. The maximum Gasteiger partial charge on any atom is 0.229 e. The van der Waals surface area contributed by atoms with Gasteiger partial charge in [0.25, 0.3) is 0 Å². The molecule has 1 amide bonds. The van der Waals surface area contributed by atoms with Crippen LogP contribution in [0.25, 0.3) is 0 Å². The molecule has 1 fully saturated rings. The number of amides is 1. The second kappa shape index (κ2) is 6.16. The fourth-order valence-electron chi connectivity index (χ4n) is 3.51. The van der Waals surface area contributed by atoms with Gasteiger partial charge in [-0.1, -0.05) is 0 Å². The molecule has 0 aliphatic carbocycles. The average Bonchev–Trinajstić information content (AvgIpc) is 2.94. The lowest BCUT2D eigenvalue weighted by atomic mass is 9.95. The average molecular weight is 304 g/mol. The fraction of sp³-hybridized carbons (Fsp3) is 0.588. The number of likely N-dealkylation sites (tertiary alicyclic amines) is 1. The highest BCUT2D eigenvalue weighted by atomic mass is 16.5. The topological polar surface area (TPSA) is 64.8 Å². The van der Waals surface area contributed by atoms with Crippen LogP contribution in [0, 0.1) is 11.8 Å². The second-order valence-electron chi connectivity index (χ2n) is 6.36. The van der Waals surface area contributed by atoms with E-state index in [0.29, 0.717) is 25.5 Å². The van der Waals surface area contributed by atoms with Gasteiger partial charge in [0.05, 0.1) is 13.0 Å². The molecule has 3 atom stereocenters. The van der Waals surface area contributed by atoms with Gasteiger partial charge in [0.15, 0.2) is 0 Å². The molecule has 2 aliphatic heterocycles. The SMILES string of the molecule is COc1ccc2c(c1)CC(C(=O)N1CC(CN)CC1C)CO2. The van der Waals surface area contributed by atoms with Crippen molar-refractivity contribution in [1.29, 1.82) is 0 Å². The zero-order valence-corrected chi connectivity index (χ0v) is 13.2. The van der Waals surface area contributed by atoms with Crippen molar-refractivity contribution in [2.45, 2.75) is 25.8 Å². The summed E-state index contributed by atoms with van der Waals surface area (Å²) >= 11 is 0. The summed E-state index contributed by atoms with van der Waals surface area (Å²) in [6, 6.07) is 6.03. The number of carbonyl (C=O) groups is 1. The molecule has 3 rings (SSSR count).